The van der Waals surface area contributed by atoms with E-state index >= 15 is 0 Å². The highest BCUT2D eigenvalue weighted by molar-refractivity contribution is 5.94. The number of hydrogen-bond donors (Lipinski definition) is 4. The summed E-state index contributed by atoms with van der Waals surface area (Å²) in [4.78, 5) is 63.4. The van der Waals surface area contributed by atoms with Gasteiger partial charge in [-0.25, -0.2) is 4.79 Å². The number of Topliss-reactive ketones (excluding diaryl/α,β-unsaturated/α-hetero) is 1. The number of nitrogens with two attached hydrogens (primary N) is 1. The van der Waals surface area contributed by atoms with Crippen molar-refractivity contribution in [3.63, 3.8) is 0 Å². The van der Waals surface area contributed by atoms with Gasteiger partial charge in [0.25, 0.3) is 0 Å². The summed E-state index contributed by atoms with van der Waals surface area (Å²) in [6, 6.07) is 5.00. The van der Waals surface area contributed by atoms with E-state index < -0.39 is 42.0 Å². The molecule has 1 rings (SSSR count). The number of unbranched alkanes of at least 4 members (excludes halogenated alkanes) is 1. The molecular formula is C34H56N4O6. The topological polar surface area (TPSA) is 157 Å². The Bertz CT molecular complexity index is 1090. The van der Waals surface area contributed by atoms with Gasteiger partial charge in [-0.1, -0.05) is 57.5 Å². The second-order valence-electron chi connectivity index (χ2n) is 10.8. The van der Waals surface area contributed by atoms with Gasteiger partial charge in [-0.05, 0) is 83.0 Å². The predicted octanol–water partition coefficient (Wildman–Crippen LogP) is 4.38. The van der Waals surface area contributed by atoms with E-state index in [1.165, 1.54) is 13.8 Å². The third kappa shape index (κ3) is 15.8. The number of carbonyl (C=O) groups is 5. The summed E-state index contributed by atoms with van der Waals surface area (Å²) in [5, 5.41) is 8.21. The molecule has 1 aromatic rings. The largest absolute Gasteiger partial charge is 0.461 e. The first kappa shape index (κ1) is 40.5. The maximum absolute atomic E-state index is 13.6. The number of ketones is 1. The number of rotatable bonds is 19. The Morgan fingerprint density at radius 2 is 1.50 bits per heavy atom. The van der Waals surface area contributed by atoms with E-state index in [1.54, 1.807) is 13.8 Å². The molecule has 0 heterocycles. The number of hydrogen-bond acceptors (Lipinski definition) is 7. The fourth-order valence-electron chi connectivity index (χ4n) is 4.60. The van der Waals surface area contributed by atoms with Crippen LogP contribution in [-0.2, 0) is 35.1 Å². The number of benzene rings is 1. The lowest BCUT2D eigenvalue weighted by atomic mass is 9.92. The van der Waals surface area contributed by atoms with Crippen LogP contribution in [0.2, 0.25) is 0 Å². The summed E-state index contributed by atoms with van der Waals surface area (Å²) < 4.78 is 5.29. The maximum atomic E-state index is 13.6. The highest BCUT2D eigenvalue weighted by atomic mass is 16.5. The number of esters is 1. The molecule has 5 N–H and O–H groups in total. The van der Waals surface area contributed by atoms with Gasteiger partial charge in [0, 0.05) is 19.8 Å². The molecule has 248 valence electrons. The van der Waals surface area contributed by atoms with Crippen molar-refractivity contribution in [2.75, 3.05) is 6.54 Å². The molecule has 10 nitrogen and oxygen atoms in total. The first-order valence-electron chi connectivity index (χ1n) is 15.9. The lowest BCUT2D eigenvalue weighted by Crippen LogP contribution is -2.56. The summed E-state index contributed by atoms with van der Waals surface area (Å²) in [7, 11) is 0. The van der Waals surface area contributed by atoms with Crippen molar-refractivity contribution in [2.24, 2.45) is 5.73 Å². The monoisotopic (exact) mass is 616 g/mol. The van der Waals surface area contributed by atoms with E-state index in [9.17, 15) is 24.0 Å². The van der Waals surface area contributed by atoms with Gasteiger partial charge in [-0.3, -0.25) is 14.4 Å². The van der Waals surface area contributed by atoms with Crippen molar-refractivity contribution in [2.45, 2.75) is 131 Å². The van der Waals surface area contributed by atoms with Crippen molar-refractivity contribution in [3.8, 4) is 0 Å². The molecule has 0 fully saturated rings. The Morgan fingerprint density at radius 3 is 2.05 bits per heavy atom. The van der Waals surface area contributed by atoms with Crippen LogP contribution in [0.15, 0.2) is 30.3 Å². The Kier molecular flexibility index (Phi) is 21.1. The first-order chi connectivity index (χ1) is 20.9. The molecule has 44 heavy (non-hydrogen) atoms. The van der Waals surface area contributed by atoms with Crippen molar-refractivity contribution in [3.05, 3.63) is 41.5 Å². The van der Waals surface area contributed by atoms with Crippen LogP contribution >= 0.6 is 0 Å². The van der Waals surface area contributed by atoms with Crippen LogP contribution in [0.5, 0.6) is 0 Å². The smallest absolute Gasteiger partial charge is 0.328 e. The number of nitrogens with one attached hydrogen (secondary N) is 3. The van der Waals surface area contributed by atoms with Crippen LogP contribution in [0, 0.1) is 0 Å². The lowest BCUT2D eigenvalue weighted by Gasteiger charge is -2.26. The van der Waals surface area contributed by atoms with E-state index in [4.69, 9.17) is 10.5 Å². The summed E-state index contributed by atoms with van der Waals surface area (Å²) in [6.07, 6.45) is 5.20. The Morgan fingerprint density at radius 1 is 0.886 bits per heavy atom. The minimum Gasteiger partial charge on any atom is -0.461 e. The molecule has 3 atom stereocenters. The van der Waals surface area contributed by atoms with Crippen molar-refractivity contribution < 1.29 is 28.7 Å². The molecule has 0 saturated heterocycles. The summed E-state index contributed by atoms with van der Waals surface area (Å²) in [5.41, 5.74) is 8.72. The van der Waals surface area contributed by atoms with Crippen LogP contribution in [0.1, 0.15) is 111 Å². The normalized spacial score (nSPS) is 13.1. The summed E-state index contributed by atoms with van der Waals surface area (Å²) in [5.74, 6) is -2.24. The molecule has 0 aliphatic carbocycles. The SMILES string of the molecule is C/C=C(/CC(NC(C)=O)C(=O)N[C@@H](CCCCN)C(=O)NC(CCC(C)=O)C(=O)OC(C)C)c1ccccc1CCC.CC. The van der Waals surface area contributed by atoms with Gasteiger partial charge in [0.05, 0.1) is 6.10 Å². The number of ether oxygens (including phenoxy) is 1. The molecule has 3 amide bonds. The second-order valence-corrected chi connectivity index (χ2v) is 10.8. The van der Waals surface area contributed by atoms with Crippen LogP contribution in [0.4, 0.5) is 0 Å². The van der Waals surface area contributed by atoms with Crippen molar-refractivity contribution in [1.82, 2.24) is 16.0 Å². The molecule has 0 spiro atoms. The molecule has 0 saturated carbocycles. The number of amides is 3. The first-order valence-corrected chi connectivity index (χ1v) is 15.9. The Hall–Kier alpha value is -3.53. The average Bonchev–Trinajstić information content (AvgIpc) is 2.97. The van der Waals surface area contributed by atoms with E-state index in [0.29, 0.717) is 19.4 Å². The number of aryl methyl sites for hydroxylation is 1. The summed E-state index contributed by atoms with van der Waals surface area (Å²) in [6.45, 7) is 14.5. The van der Waals surface area contributed by atoms with Gasteiger partial charge in [0.1, 0.15) is 23.9 Å². The molecule has 2 unspecified atom stereocenters. The zero-order valence-corrected chi connectivity index (χ0v) is 28.1. The van der Waals surface area contributed by atoms with Crippen LogP contribution < -0.4 is 21.7 Å². The van der Waals surface area contributed by atoms with E-state index in [1.807, 2.05) is 45.0 Å². The number of allylic oxidation sites excluding steroid dienone is 1. The fraction of sp³-hybridized carbons (Fsp3) is 0.618. The van der Waals surface area contributed by atoms with Gasteiger partial charge in [0.15, 0.2) is 0 Å². The zero-order chi connectivity index (χ0) is 33.7. The third-order valence-corrected chi connectivity index (χ3v) is 6.67. The minimum atomic E-state index is -1.05. The molecular weight excluding hydrogens is 560 g/mol. The van der Waals surface area contributed by atoms with Crippen LogP contribution in [0.25, 0.3) is 5.57 Å². The molecule has 1 aromatic carbocycles. The quantitative estimate of drug-likeness (QED) is 0.133. The Balaban J connectivity index is 0.00000904. The zero-order valence-electron chi connectivity index (χ0n) is 28.1. The van der Waals surface area contributed by atoms with E-state index in [0.717, 1.165) is 29.5 Å². The van der Waals surface area contributed by atoms with E-state index in [-0.39, 0.29) is 37.4 Å². The molecule has 0 radical (unpaired) electrons. The molecule has 10 heteroatoms. The molecule has 0 aliphatic rings. The van der Waals surface area contributed by atoms with Gasteiger partial charge in [0.2, 0.25) is 17.7 Å². The highest BCUT2D eigenvalue weighted by Crippen LogP contribution is 2.25. The number of carbonyl (C=O) groups excluding carboxylic acids is 5. The van der Waals surface area contributed by atoms with Gasteiger partial charge in [-0.2, -0.15) is 0 Å². The molecule has 0 aliphatic heterocycles. The highest BCUT2D eigenvalue weighted by Gasteiger charge is 2.30. The fourth-order valence-corrected chi connectivity index (χ4v) is 4.60. The Labute approximate surface area is 264 Å². The standard InChI is InChI=1S/C32H50N4O6.C2H6/c1-7-13-25-14-9-10-15-26(25)24(8-2)20-29(34-23(6)38)31(40)35-27(16-11-12-19-33)30(39)36-28(18-17-22(5)37)32(41)42-21(3)4;1-2/h8-10,14-15,21,27-29H,7,11-13,16-20,33H2,1-6H3,(H,34,38)(H,35,40)(H,36,39);1-2H3/b24-8-;/t27-,28?,29?;/m0./s1. The molecule has 0 bridgehead atoms. The molecule has 0 aromatic heterocycles. The average molecular weight is 617 g/mol. The van der Waals surface area contributed by atoms with Crippen LogP contribution in [-0.4, -0.2) is 60.2 Å². The van der Waals surface area contributed by atoms with Gasteiger partial charge >= 0.3 is 5.97 Å². The second kappa shape index (κ2) is 22.9. The van der Waals surface area contributed by atoms with Gasteiger partial charge in [-0.15, -0.1) is 0 Å². The van der Waals surface area contributed by atoms with Gasteiger partial charge < -0.3 is 31.2 Å². The summed E-state index contributed by atoms with van der Waals surface area (Å²) >= 11 is 0. The van der Waals surface area contributed by atoms with Crippen LogP contribution in [0.3, 0.4) is 0 Å². The lowest BCUT2D eigenvalue weighted by molar-refractivity contribution is -0.152. The minimum absolute atomic E-state index is 0.0758. The van der Waals surface area contributed by atoms with E-state index in [2.05, 4.69) is 28.9 Å². The third-order valence-electron chi connectivity index (χ3n) is 6.67. The van der Waals surface area contributed by atoms with Crippen molar-refractivity contribution in [1.29, 1.82) is 0 Å². The maximum Gasteiger partial charge on any atom is 0.328 e. The van der Waals surface area contributed by atoms with Crippen molar-refractivity contribution >= 4 is 35.0 Å². The predicted molar refractivity (Wildman–Crippen MR) is 176 cm³/mol.